The SMILES string of the molecule is CC(C)CNC(=O)CSc1nnc(SCc2cccc3ccccc23)s1. The van der Waals surface area contributed by atoms with Crippen molar-refractivity contribution in [2.45, 2.75) is 28.3 Å². The number of carbonyl (C=O) groups is 1. The lowest BCUT2D eigenvalue weighted by atomic mass is 10.1. The molecule has 0 spiro atoms. The highest BCUT2D eigenvalue weighted by atomic mass is 32.2. The number of nitrogens with one attached hydrogen (secondary N) is 1. The molecule has 1 N–H and O–H groups in total. The van der Waals surface area contributed by atoms with E-state index >= 15 is 0 Å². The van der Waals surface area contributed by atoms with Crippen molar-refractivity contribution in [1.29, 1.82) is 0 Å². The molecule has 0 saturated heterocycles. The maximum absolute atomic E-state index is 11.8. The van der Waals surface area contributed by atoms with Gasteiger partial charge in [-0.15, -0.1) is 10.2 Å². The second kappa shape index (κ2) is 9.39. The zero-order valence-electron chi connectivity index (χ0n) is 14.8. The van der Waals surface area contributed by atoms with E-state index in [1.54, 1.807) is 23.1 Å². The van der Waals surface area contributed by atoms with Gasteiger partial charge in [-0.1, -0.05) is 91.2 Å². The number of benzene rings is 2. The molecular formula is C19H21N3OS3. The summed E-state index contributed by atoms with van der Waals surface area (Å²) in [6, 6.07) is 14.8. The lowest BCUT2D eigenvalue weighted by Crippen LogP contribution is -2.28. The van der Waals surface area contributed by atoms with E-state index in [4.69, 9.17) is 0 Å². The lowest BCUT2D eigenvalue weighted by Gasteiger charge is -2.06. The highest BCUT2D eigenvalue weighted by molar-refractivity contribution is 8.03. The van der Waals surface area contributed by atoms with Crippen LogP contribution >= 0.6 is 34.9 Å². The van der Waals surface area contributed by atoms with Crippen molar-refractivity contribution in [2.24, 2.45) is 5.92 Å². The van der Waals surface area contributed by atoms with Crippen LogP contribution in [0.2, 0.25) is 0 Å². The van der Waals surface area contributed by atoms with Gasteiger partial charge in [0.25, 0.3) is 0 Å². The summed E-state index contributed by atoms with van der Waals surface area (Å²) < 4.78 is 1.77. The Kier molecular flexibility index (Phi) is 6.93. The normalized spacial score (nSPS) is 11.2. The maximum atomic E-state index is 11.8. The molecule has 1 heterocycles. The van der Waals surface area contributed by atoms with E-state index in [-0.39, 0.29) is 5.91 Å². The number of rotatable bonds is 8. The molecule has 0 atom stereocenters. The van der Waals surface area contributed by atoms with Crippen molar-refractivity contribution < 1.29 is 4.79 Å². The van der Waals surface area contributed by atoms with Crippen LogP contribution in [0.5, 0.6) is 0 Å². The van der Waals surface area contributed by atoms with Gasteiger partial charge in [-0.2, -0.15) is 0 Å². The Bertz CT molecular complexity index is 874. The Labute approximate surface area is 166 Å². The number of thioether (sulfide) groups is 2. The number of hydrogen-bond donors (Lipinski definition) is 1. The highest BCUT2D eigenvalue weighted by Crippen LogP contribution is 2.32. The molecular weight excluding hydrogens is 382 g/mol. The molecule has 3 rings (SSSR count). The highest BCUT2D eigenvalue weighted by Gasteiger charge is 2.10. The summed E-state index contributed by atoms with van der Waals surface area (Å²) in [7, 11) is 0. The molecule has 26 heavy (non-hydrogen) atoms. The fourth-order valence-corrected chi connectivity index (χ4v) is 5.22. The van der Waals surface area contributed by atoms with E-state index in [1.807, 2.05) is 0 Å². The third kappa shape index (κ3) is 5.46. The van der Waals surface area contributed by atoms with Crippen molar-refractivity contribution in [3.05, 3.63) is 48.0 Å². The van der Waals surface area contributed by atoms with Crippen LogP contribution in [-0.2, 0) is 10.5 Å². The van der Waals surface area contributed by atoms with Crippen LogP contribution in [0.4, 0.5) is 0 Å². The fraction of sp³-hybridized carbons (Fsp3) is 0.316. The molecule has 136 valence electrons. The summed E-state index contributed by atoms with van der Waals surface area (Å²) in [6.07, 6.45) is 0. The monoisotopic (exact) mass is 403 g/mol. The van der Waals surface area contributed by atoms with E-state index in [1.165, 1.54) is 28.1 Å². The molecule has 0 saturated carbocycles. The van der Waals surface area contributed by atoms with Gasteiger partial charge in [0, 0.05) is 12.3 Å². The minimum Gasteiger partial charge on any atom is -0.355 e. The lowest BCUT2D eigenvalue weighted by molar-refractivity contribution is -0.118. The van der Waals surface area contributed by atoms with Crippen LogP contribution in [0.25, 0.3) is 10.8 Å². The molecule has 7 heteroatoms. The number of carbonyl (C=O) groups excluding carboxylic acids is 1. The summed E-state index contributed by atoms with van der Waals surface area (Å²) >= 11 is 4.68. The fourth-order valence-electron chi connectivity index (χ4n) is 2.37. The number of nitrogens with zero attached hydrogens (tertiary/aromatic N) is 2. The van der Waals surface area contributed by atoms with Gasteiger partial charge in [-0.05, 0) is 22.3 Å². The molecule has 0 radical (unpaired) electrons. The van der Waals surface area contributed by atoms with Crippen molar-refractivity contribution in [3.63, 3.8) is 0 Å². The minimum atomic E-state index is 0.0452. The number of aromatic nitrogens is 2. The smallest absolute Gasteiger partial charge is 0.230 e. The van der Waals surface area contributed by atoms with Gasteiger partial charge in [0.2, 0.25) is 5.91 Å². The third-order valence-corrected chi connectivity index (χ3v) is 6.89. The summed E-state index contributed by atoms with van der Waals surface area (Å²) in [5.41, 5.74) is 1.30. The van der Waals surface area contributed by atoms with Crippen LogP contribution in [0.3, 0.4) is 0 Å². The van der Waals surface area contributed by atoms with Gasteiger partial charge in [0.15, 0.2) is 8.68 Å². The average Bonchev–Trinajstić information content (AvgIpc) is 3.11. The van der Waals surface area contributed by atoms with E-state index < -0.39 is 0 Å². The Hall–Kier alpha value is -1.57. The van der Waals surface area contributed by atoms with E-state index in [9.17, 15) is 4.79 Å². The van der Waals surface area contributed by atoms with Gasteiger partial charge in [0.1, 0.15) is 0 Å². The van der Waals surface area contributed by atoms with Gasteiger partial charge < -0.3 is 5.32 Å². The Balaban J connectivity index is 1.53. The van der Waals surface area contributed by atoms with E-state index in [0.717, 1.165) is 14.4 Å². The molecule has 0 fully saturated rings. The topological polar surface area (TPSA) is 54.9 Å². The van der Waals surface area contributed by atoms with Crippen molar-refractivity contribution in [1.82, 2.24) is 15.5 Å². The summed E-state index contributed by atoms with van der Waals surface area (Å²) in [4.78, 5) is 11.8. The van der Waals surface area contributed by atoms with Crippen LogP contribution < -0.4 is 5.32 Å². The van der Waals surface area contributed by atoms with Gasteiger partial charge in [-0.25, -0.2) is 0 Å². The number of amides is 1. The molecule has 3 aromatic rings. The zero-order valence-corrected chi connectivity index (χ0v) is 17.2. The molecule has 0 aliphatic rings. The molecule has 1 amide bonds. The number of fused-ring (bicyclic) bond motifs is 1. The zero-order chi connectivity index (χ0) is 18.4. The second-order valence-electron chi connectivity index (χ2n) is 6.25. The molecule has 2 aromatic carbocycles. The van der Waals surface area contributed by atoms with Gasteiger partial charge in [0.05, 0.1) is 5.75 Å². The van der Waals surface area contributed by atoms with E-state index in [2.05, 4.69) is 71.8 Å². The quantitative estimate of drug-likeness (QED) is 0.545. The Morgan fingerprint density at radius 3 is 2.62 bits per heavy atom. The second-order valence-corrected chi connectivity index (χ2v) is 9.67. The average molecular weight is 404 g/mol. The molecule has 0 aliphatic heterocycles. The Morgan fingerprint density at radius 2 is 1.81 bits per heavy atom. The van der Waals surface area contributed by atoms with Gasteiger partial charge in [-0.3, -0.25) is 4.79 Å². The van der Waals surface area contributed by atoms with Crippen LogP contribution in [0.15, 0.2) is 51.1 Å². The molecule has 0 aliphatic carbocycles. The summed E-state index contributed by atoms with van der Waals surface area (Å²) in [5, 5.41) is 13.9. The van der Waals surface area contributed by atoms with Crippen molar-refractivity contribution in [3.8, 4) is 0 Å². The third-order valence-electron chi connectivity index (χ3n) is 3.65. The van der Waals surface area contributed by atoms with Crippen LogP contribution in [-0.4, -0.2) is 28.4 Å². The van der Waals surface area contributed by atoms with Crippen LogP contribution in [0.1, 0.15) is 19.4 Å². The largest absolute Gasteiger partial charge is 0.355 e. The summed E-state index contributed by atoms with van der Waals surface area (Å²) in [6.45, 7) is 4.87. The van der Waals surface area contributed by atoms with Gasteiger partial charge >= 0.3 is 0 Å². The summed E-state index contributed by atoms with van der Waals surface area (Å²) in [5.74, 6) is 1.75. The molecule has 0 unspecified atom stereocenters. The first-order valence-electron chi connectivity index (χ1n) is 8.44. The van der Waals surface area contributed by atoms with Crippen molar-refractivity contribution in [2.75, 3.05) is 12.3 Å². The first-order chi connectivity index (χ1) is 12.6. The minimum absolute atomic E-state index is 0.0452. The molecule has 4 nitrogen and oxygen atoms in total. The van der Waals surface area contributed by atoms with E-state index in [0.29, 0.717) is 18.2 Å². The maximum Gasteiger partial charge on any atom is 0.230 e. The van der Waals surface area contributed by atoms with Crippen LogP contribution in [0, 0.1) is 5.92 Å². The molecule has 0 bridgehead atoms. The van der Waals surface area contributed by atoms with Crippen molar-refractivity contribution >= 4 is 51.5 Å². The first-order valence-corrected chi connectivity index (χ1v) is 11.2. The molecule has 1 aromatic heterocycles. The predicted molar refractivity (Wildman–Crippen MR) is 112 cm³/mol. The Morgan fingerprint density at radius 1 is 1.08 bits per heavy atom. The first kappa shape index (κ1) is 19.2. The standard InChI is InChI=1S/C19H21N3OS3/c1-13(2)10-20-17(23)12-25-19-22-21-18(26-19)24-11-15-8-5-7-14-6-3-4-9-16(14)15/h3-9,13H,10-12H2,1-2H3,(H,20,23). The number of hydrogen-bond acceptors (Lipinski definition) is 6. The predicted octanol–water partition coefficient (Wildman–Crippen LogP) is 4.85.